The number of ether oxygens (including phenoxy) is 3. The Morgan fingerprint density at radius 1 is 1.00 bits per heavy atom. The molecule has 0 radical (unpaired) electrons. The molecule has 0 spiro atoms. The Morgan fingerprint density at radius 2 is 1.71 bits per heavy atom. The van der Waals surface area contributed by atoms with Crippen LogP contribution in [0.25, 0.3) is 0 Å². The maximum absolute atomic E-state index is 10.5. The zero-order valence-electron chi connectivity index (χ0n) is 19.1. The molecule has 2 aromatic rings. The molecule has 0 saturated carbocycles. The molecule has 31 heavy (non-hydrogen) atoms. The zero-order chi connectivity index (χ0) is 22.6. The molecule has 3 N–H and O–H groups in total. The van der Waals surface area contributed by atoms with Crippen molar-refractivity contribution in [1.82, 2.24) is 10.6 Å². The number of hydrogen-bond donors (Lipinski definition) is 3. The van der Waals surface area contributed by atoms with Crippen molar-refractivity contribution < 1.29 is 19.3 Å². The number of nitrogens with one attached hydrogen (secondary N) is 2. The third-order valence-electron chi connectivity index (χ3n) is 4.58. The average Bonchev–Trinajstić information content (AvgIpc) is 2.77. The standard InChI is InChI=1S/C24H35N3O4/c1-6-25-24(26-14-13-19-15-21(29-4)11-12-23(19)30-5)27-16-22(28)18-7-9-20(10-8-18)31-17(2)3/h7-12,15,17,22,28H,6,13-14,16H2,1-5H3,(H2,25,26,27). The van der Waals surface area contributed by atoms with Gasteiger partial charge in [-0.05, 0) is 68.7 Å². The minimum atomic E-state index is -0.693. The first-order valence-electron chi connectivity index (χ1n) is 10.6. The summed E-state index contributed by atoms with van der Waals surface area (Å²) in [4.78, 5) is 4.53. The number of nitrogens with zero attached hydrogens (tertiary/aromatic N) is 1. The second-order valence-electron chi connectivity index (χ2n) is 7.33. The molecule has 0 amide bonds. The Hall–Kier alpha value is -2.93. The van der Waals surface area contributed by atoms with E-state index in [1.54, 1.807) is 14.2 Å². The van der Waals surface area contributed by atoms with Crippen molar-refractivity contribution in [2.75, 3.05) is 33.9 Å². The summed E-state index contributed by atoms with van der Waals surface area (Å²) in [6.07, 6.45) is 0.165. The van der Waals surface area contributed by atoms with Crippen molar-refractivity contribution in [1.29, 1.82) is 0 Å². The molecule has 0 bridgehead atoms. The van der Waals surface area contributed by atoms with Crippen LogP contribution in [0.4, 0.5) is 0 Å². The molecular weight excluding hydrogens is 394 g/mol. The van der Waals surface area contributed by atoms with Gasteiger partial charge < -0.3 is 30.0 Å². The van der Waals surface area contributed by atoms with Crippen LogP contribution >= 0.6 is 0 Å². The van der Waals surface area contributed by atoms with Gasteiger partial charge in [0.05, 0.1) is 33.0 Å². The fraction of sp³-hybridized carbons (Fsp3) is 0.458. The van der Waals surface area contributed by atoms with E-state index in [9.17, 15) is 5.11 Å². The van der Waals surface area contributed by atoms with Crippen LogP contribution in [0.3, 0.4) is 0 Å². The fourth-order valence-electron chi connectivity index (χ4n) is 3.06. The fourth-order valence-corrected chi connectivity index (χ4v) is 3.06. The lowest BCUT2D eigenvalue weighted by Crippen LogP contribution is -2.38. The summed E-state index contributed by atoms with van der Waals surface area (Å²) in [6, 6.07) is 13.2. The van der Waals surface area contributed by atoms with Gasteiger partial charge in [-0.3, -0.25) is 4.99 Å². The van der Waals surface area contributed by atoms with Crippen LogP contribution in [0, 0.1) is 0 Å². The van der Waals surface area contributed by atoms with E-state index in [1.165, 1.54) is 0 Å². The Labute approximate surface area is 185 Å². The van der Waals surface area contributed by atoms with Gasteiger partial charge in [0.25, 0.3) is 0 Å². The van der Waals surface area contributed by atoms with Crippen LogP contribution in [-0.4, -0.2) is 51.0 Å². The van der Waals surface area contributed by atoms with Crippen molar-refractivity contribution in [3.05, 3.63) is 53.6 Å². The minimum absolute atomic E-state index is 0.117. The van der Waals surface area contributed by atoms with Crippen LogP contribution in [0.5, 0.6) is 17.2 Å². The topological polar surface area (TPSA) is 84.3 Å². The lowest BCUT2D eigenvalue weighted by molar-refractivity contribution is 0.186. The number of rotatable bonds is 11. The van der Waals surface area contributed by atoms with Crippen LogP contribution in [0.2, 0.25) is 0 Å². The molecule has 7 nitrogen and oxygen atoms in total. The summed E-state index contributed by atoms with van der Waals surface area (Å²) in [5.74, 6) is 3.06. The maximum atomic E-state index is 10.5. The number of aliphatic imine (C=N–C) groups is 1. The van der Waals surface area contributed by atoms with E-state index in [2.05, 4.69) is 15.6 Å². The van der Waals surface area contributed by atoms with Crippen LogP contribution in [-0.2, 0) is 6.42 Å². The summed E-state index contributed by atoms with van der Waals surface area (Å²) in [5.41, 5.74) is 1.85. The van der Waals surface area contributed by atoms with Gasteiger partial charge in [0.2, 0.25) is 0 Å². The van der Waals surface area contributed by atoms with Gasteiger partial charge in [0.1, 0.15) is 17.2 Å². The Balaban J connectivity index is 1.94. The Bertz CT molecular complexity index is 822. The summed E-state index contributed by atoms with van der Waals surface area (Å²) >= 11 is 0. The first-order valence-corrected chi connectivity index (χ1v) is 10.6. The largest absolute Gasteiger partial charge is 0.497 e. The Kier molecular flexibility index (Phi) is 9.97. The highest BCUT2D eigenvalue weighted by atomic mass is 16.5. The number of guanidine groups is 1. The summed E-state index contributed by atoms with van der Waals surface area (Å²) in [7, 11) is 3.31. The molecule has 170 valence electrons. The van der Waals surface area contributed by atoms with Gasteiger partial charge in [-0.2, -0.15) is 0 Å². The minimum Gasteiger partial charge on any atom is -0.497 e. The molecule has 0 aliphatic rings. The normalized spacial score (nSPS) is 12.4. The second-order valence-corrected chi connectivity index (χ2v) is 7.33. The highest BCUT2D eigenvalue weighted by molar-refractivity contribution is 5.79. The third kappa shape index (κ3) is 8.02. The third-order valence-corrected chi connectivity index (χ3v) is 4.58. The van der Waals surface area contributed by atoms with Crippen molar-refractivity contribution in [2.24, 2.45) is 4.99 Å². The van der Waals surface area contributed by atoms with E-state index in [-0.39, 0.29) is 12.6 Å². The van der Waals surface area contributed by atoms with Gasteiger partial charge in [-0.25, -0.2) is 0 Å². The van der Waals surface area contributed by atoms with Gasteiger partial charge >= 0.3 is 0 Å². The molecule has 2 rings (SSSR count). The second kappa shape index (κ2) is 12.7. The maximum Gasteiger partial charge on any atom is 0.191 e. The molecular formula is C24H35N3O4. The molecule has 0 aliphatic carbocycles. The summed E-state index contributed by atoms with van der Waals surface area (Å²) in [6.45, 7) is 7.61. The lowest BCUT2D eigenvalue weighted by Gasteiger charge is -2.15. The SMILES string of the molecule is CCNC(=NCC(O)c1ccc(OC(C)C)cc1)NCCc1cc(OC)ccc1OC. The smallest absolute Gasteiger partial charge is 0.191 e. The monoisotopic (exact) mass is 429 g/mol. The number of benzene rings is 2. The number of hydrogen-bond acceptors (Lipinski definition) is 5. The highest BCUT2D eigenvalue weighted by Crippen LogP contribution is 2.24. The first kappa shape index (κ1) is 24.3. The van der Waals surface area contributed by atoms with Crippen molar-refractivity contribution in [3.8, 4) is 17.2 Å². The summed E-state index contributed by atoms with van der Waals surface area (Å²) < 4.78 is 16.4. The molecule has 0 aliphatic heterocycles. The first-order chi connectivity index (χ1) is 15.0. The number of aliphatic hydroxyl groups excluding tert-OH is 1. The van der Waals surface area contributed by atoms with E-state index in [0.29, 0.717) is 12.5 Å². The van der Waals surface area contributed by atoms with Crippen LogP contribution in [0.15, 0.2) is 47.5 Å². The molecule has 2 aromatic carbocycles. The molecule has 1 unspecified atom stereocenters. The van der Waals surface area contributed by atoms with Crippen molar-refractivity contribution in [2.45, 2.75) is 39.4 Å². The van der Waals surface area contributed by atoms with Crippen molar-refractivity contribution in [3.63, 3.8) is 0 Å². The zero-order valence-corrected chi connectivity index (χ0v) is 19.1. The molecule has 0 heterocycles. The van der Waals surface area contributed by atoms with Crippen LogP contribution < -0.4 is 24.8 Å². The lowest BCUT2D eigenvalue weighted by atomic mass is 10.1. The van der Waals surface area contributed by atoms with E-state index >= 15 is 0 Å². The van der Waals surface area contributed by atoms with E-state index in [1.807, 2.05) is 63.2 Å². The van der Waals surface area contributed by atoms with Gasteiger partial charge in [-0.15, -0.1) is 0 Å². The van der Waals surface area contributed by atoms with E-state index in [4.69, 9.17) is 14.2 Å². The quantitative estimate of drug-likeness (QED) is 0.375. The molecule has 7 heteroatoms. The predicted octanol–water partition coefficient (Wildman–Crippen LogP) is 3.32. The van der Waals surface area contributed by atoms with E-state index < -0.39 is 6.10 Å². The van der Waals surface area contributed by atoms with Crippen LogP contribution in [0.1, 0.15) is 38.0 Å². The highest BCUT2D eigenvalue weighted by Gasteiger charge is 2.09. The van der Waals surface area contributed by atoms with E-state index in [0.717, 1.165) is 41.3 Å². The number of aliphatic hydroxyl groups is 1. The molecule has 0 saturated heterocycles. The number of methoxy groups -OCH3 is 2. The van der Waals surface area contributed by atoms with Gasteiger partial charge in [0, 0.05) is 13.1 Å². The van der Waals surface area contributed by atoms with Gasteiger partial charge in [-0.1, -0.05) is 12.1 Å². The predicted molar refractivity (Wildman–Crippen MR) is 124 cm³/mol. The summed E-state index contributed by atoms with van der Waals surface area (Å²) in [5, 5.41) is 17.0. The molecule has 1 atom stereocenters. The Morgan fingerprint density at radius 3 is 2.32 bits per heavy atom. The van der Waals surface area contributed by atoms with Gasteiger partial charge in [0.15, 0.2) is 5.96 Å². The van der Waals surface area contributed by atoms with Crippen molar-refractivity contribution >= 4 is 5.96 Å². The molecule has 0 fully saturated rings. The molecule has 0 aromatic heterocycles. The average molecular weight is 430 g/mol.